The van der Waals surface area contributed by atoms with E-state index in [0.29, 0.717) is 0 Å². The summed E-state index contributed by atoms with van der Waals surface area (Å²) in [6.45, 7) is 7.09. The summed E-state index contributed by atoms with van der Waals surface area (Å²) in [6, 6.07) is 0. The van der Waals surface area contributed by atoms with Gasteiger partial charge >= 0.3 is 5.97 Å². The summed E-state index contributed by atoms with van der Waals surface area (Å²) >= 11 is 0. The Hall–Kier alpha value is -0.830. The van der Waals surface area contributed by atoms with Gasteiger partial charge in [0.25, 0.3) is 0 Å². The molecule has 0 amide bonds. The van der Waals surface area contributed by atoms with E-state index in [9.17, 15) is 9.90 Å². The molecule has 3 heteroatoms. The van der Waals surface area contributed by atoms with Gasteiger partial charge in [-0.05, 0) is 12.0 Å². The summed E-state index contributed by atoms with van der Waals surface area (Å²) in [5.74, 6) is -0.539. The lowest BCUT2D eigenvalue weighted by atomic mass is 9.85. The van der Waals surface area contributed by atoms with E-state index in [1.807, 2.05) is 6.92 Å². The fourth-order valence-electron chi connectivity index (χ4n) is 1.31. The van der Waals surface area contributed by atoms with E-state index < -0.39 is 12.2 Å². The van der Waals surface area contributed by atoms with Gasteiger partial charge < -0.3 is 9.84 Å². The van der Waals surface area contributed by atoms with Crippen molar-refractivity contribution in [1.82, 2.24) is 0 Å². The molecule has 0 aromatic rings. The van der Waals surface area contributed by atoms with Crippen molar-refractivity contribution < 1.29 is 14.6 Å². The Morgan fingerprint density at radius 2 is 2.17 bits per heavy atom. The minimum Gasteiger partial charge on any atom is -0.455 e. The Morgan fingerprint density at radius 1 is 1.58 bits per heavy atom. The molecule has 0 unspecified atom stereocenters. The summed E-state index contributed by atoms with van der Waals surface area (Å²) < 4.78 is 4.92. The molecular weight excluding hydrogens is 156 g/mol. The van der Waals surface area contributed by atoms with Crippen molar-refractivity contribution >= 4 is 5.97 Å². The molecule has 0 aromatic heterocycles. The Labute approximate surface area is 72.0 Å². The summed E-state index contributed by atoms with van der Waals surface area (Å²) in [5.41, 5.74) is 0. The molecule has 1 aliphatic rings. The largest absolute Gasteiger partial charge is 0.455 e. The van der Waals surface area contributed by atoms with Gasteiger partial charge in [-0.1, -0.05) is 20.4 Å². The Bertz CT molecular complexity index is 198. The average Bonchev–Trinajstić information content (AvgIpc) is 2.08. The minimum absolute atomic E-state index is 0.0609. The molecule has 1 N–H and O–H groups in total. The van der Waals surface area contributed by atoms with Crippen LogP contribution in [0.5, 0.6) is 0 Å². The van der Waals surface area contributed by atoms with Gasteiger partial charge in [-0.2, -0.15) is 0 Å². The van der Waals surface area contributed by atoms with Gasteiger partial charge in [-0.25, -0.2) is 0 Å². The first-order chi connectivity index (χ1) is 5.57. The molecule has 0 radical (unpaired) electrons. The first-order valence-corrected chi connectivity index (χ1v) is 4.09. The van der Waals surface area contributed by atoms with E-state index in [1.165, 1.54) is 6.08 Å². The van der Waals surface area contributed by atoms with Crippen LogP contribution in [0.3, 0.4) is 0 Å². The number of hydrogen-bond acceptors (Lipinski definition) is 3. The molecule has 0 saturated carbocycles. The number of cyclic esters (lactones) is 1. The zero-order chi connectivity index (χ0) is 9.30. The molecule has 68 valence electrons. The Kier molecular flexibility index (Phi) is 2.52. The van der Waals surface area contributed by atoms with Gasteiger partial charge in [0.2, 0.25) is 0 Å². The molecule has 12 heavy (non-hydrogen) atoms. The quantitative estimate of drug-likeness (QED) is 0.466. The standard InChI is InChI=1S/C9H14O3/c1-4-7-8(10)5(2)6(3)9(11)12-7/h4-8,10H,1H2,2-3H3/t5-,6+,7+,8+/m1/s1. The first kappa shape index (κ1) is 9.26. The van der Waals surface area contributed by atoms with E-state index in [0.717, 1.165) is 0 Å². The smallest absolute Gasteiger partial charge is 0.309 e. The van der Waals surface area contributed by atoms with E-state index in [-0.39, 0.29) is 17.8 Å². The van der Waals surface area contributed by atoms with Crippen molar-refractivity contribution in [3.05, 3.63) is 12.7 Å². The molecule has 0 bridgehead atoms. The molecule has 4 atom stereocenters. The van der Waals surface area contributed by atoms with E-state index in [4.69, 9.17) is 4.74 Å². The summed E-state index contributed by atoms with van der Waals surface area (Å²) in [5, 5.41) is 9.58. The van der Waals surface area contributed by atoms with Crippen molar-refractivity contribution in [3.8, 4) is 0 Å². The second kappa shape index (κ2) is 3.27. The van der Waals surface area contributed by atoms with E-state index >= 15 is 0 Å². The maximum atomic E-state index is 11.1. The molecule has 1 rings (SSSR count). The van der Waals surface area contributed by atoms with Crippen molar-refractivity contribution in [2.45, 2.75) is 26.1 Å². The van der Waals surface area contributed by atoms with Gasteiger partial charge in [-0.15, -0.1) is 0 Å². The number of carbonyl (C=O) groups is 1. The number of aliphatic hydroxyl groups is 1. The van der Waals surface area contributed by atoms with Crippen LogP contribution in [0.1, 0.15) is 13.8 Å². The minimum atomic E-state index is -0.616. The third-order valence-electron chi connectivity index (χ3n) is 2.52. The molecule has 1 fully saturated rings. The second-order valence-electron chi connectivity index (χ2n) is 3.28. The lowest BCUT2D eigenvalue weighted by molar-refractivity contribution is -0.173. The normalized spacial score (nSPS) is 42.1. The number of ether oxygens (including phenoxy) is 1. The fraction of sp³-hybridized carbons (Fsp3) is 0.667. The zero-order valence-corrected chi connectivity index (χ0v) is 7.36. The van der Waals surface area contributed by atoms with Crippen molar-refractivity contribution in [2.75, 3.05) is 0 Å². The van der Waals surface area contributed by atoms with Crippen LogP contribution in [-0.4, -0.2) is 23.3 Å². The lowest BCUT2D eigenvalue weighted by Crippen LogP contribution is -2.45. The van der Waals surface area contributed by atoms with Crippen LogP contribution in [-0.2, 0) is 9.53 Å². The van der Waals surface area contributed by atoms with Gasteiger partial charge in [0.15, 0.2) is 0 Å². The molecule has 0 spiro atoms. The topological polar surface area (TPSA) is 46.5 Å². The second-order valence-corrected chi connectivity index (χ2v) is 3.28. The van der Waals surface area contributed by atoms with Crippen LogP contribution < -0.4 is 0 Å². The van der Waals surface area contributed by atoms with Crippen molar-refractivity contribution in [1.29, 1.82) is 0 Å². The maximum Gasteiger partial charge on any atom is 0.309 e. The number of hydrogen-bond donors (Lipinski definition) is 1. The predicted molar refractivity (Wildman–Crippen MR) is 44.4 cm³/mol. The highest BCUT2D eigenvalue weighted by atomic mass is 16.6. The molecule has 0 aliphatic carbocycles. The third kappa shape index (κ3) is 1.37. The van der Waals surface area contributed by atoms with Gasteiger partial charge in [0.05, 0.1) is 12.0 Å². The van der Waals surface area contributed by atoms with Gasteiger partial charge in [0.1, 0.15) is 6.10 Å². The number of carbonyl (C=O) groups excluding carboxylic acids is 1. The zero-order valence-electron chi connectivity index (χ0n) is 7.36. The van der Waals surface area contributed by atoms with Gasteiger partial charge in [-0.3, -0.25) is 4.79 Å². The molecule has 0 aromatic carbocycles. The number of aliphatic hydroxyl groups excluding tert-OH is 1. The maximum absolute atomic E-state index is 11.1. The molecule has 3 nitrogen and oxygen atoms in total. The van der Waals surface area contributed by atoms with Crippen molar-refractivity contribution in [2.24, 2.45) is 11.8 Å². The number of rotatable bonds is 1. The van der Waals surface area contributed by atoms with Crippen molar-refractivity contribution in [3.63, 3.8) is 0 Å². The Morgan fingerprint density at radius 3 is 2.67 bits per heavy atom. The predicted octanol–water partition coefficient (Wildman–Crippen LogP) is 0.731. The summed E-state index contributed by atoms with van der Waals surface area (Å²) in [6.07, 6.45) is 0.309. The molecule has 1 heterocycles. The van der Waals surface area contributed by atoms with Crippen LogP contribution in [0, 0.1) is 11.8 Å². The highest BCUT2D eigenvalue weighted by molar-refractivity contribution is 5.73. The van der Waals surface area contributed by atoms with Crippen LogP contribution >= 0.6 is 0 Å². The van der Waals surface area contributed by atoms with Crippen LogP contribution in [0.4, 0.5) is 0 Å². The first-order valence-electron chi connectivity index (χ1n) is 4.09. The fourth-order valence-corrected chi connectivity index (χ4v) is 1.31. The summed E-state index contributed by atoms with van der Waals surface area (Å²) in [7, 11) is 0. The van der Waals surface area contributed by atoms with E-state index in [2.05, 4.69) is 6.58 Å². The van der Waals surface area contributed by atoms with Crippen LogP contribution in [0.15, 0.2) is 12.7 Å². The molecule has 1 aliphatic heterocycles. The lowest BCUT2D eigenvalue weighted by Gasteiger charge is -2.34. The third-order valence-corrected chi connectivity index (χ3v) is 2.52. The van der Waals surface area contributed by atoms with Crippen LogP contribution in [0.25, 0.3) is 0 Å². The van der Waals surface area contributed by atoms with Gasteiger partial charge in [0, 0.05) is 0 Å². The monoisotopic (exact) mass is 170 g/mol. The molecular formula is C9H14O3. The SMILES string of the molecule is C=C[C@@H]1OC(=O)[C@@H](C)[C@@H](C)[C@@H]1O. The Balaban J connectivity index is 2.76. The number of esters is 1. The summed E-state index contributed by atoms with van der Waals surface area (Å²) in [4.78, 5) is 11.1. The van der Waals surface area contributed by atoms with E-state index in [1.54, 1.807) is 6.92 Å². The average molecular weight is 170 g/mol. The van der Waals surface area contributed by atoms with Crippen LogP contribution in [0.2, 0.25) is 0 Å². The molecule has 1 saturated heterocycles. The highest BCUT2D eigenvalue weighted by Crippen LogP contribution is 2.26. The highest BCUT2D eigenvalue weighted by Gasteiger charge is 2.38.